The summed E-state index contributed by atoms with van der Waals surface area (Å²) in [5.41, 5.74) is 3.37. The molecule has 0 aliphatic carbocycles. The Kier molecular flexibility index (Phi) is 4.24. The van der Waals surface area contributed by atoms with Crippen molar-refractivity contribution in [3.8, 4) is 5.69 Å². The van der Waals surface area contributed by atoms with Gasteiger partial charge in [0.25, 0.3) is 5.91 Å². The molecule has 1 atom stereocenters. The molecule has 0 unspecified atom stereocenters. The fourth-order valence-corrected chi connectivity index (χ4v) is 3.74. The van der Waals surface area contributed by atoms with Crippen LogP contribution in [0.25, 0.3) is 5.69 Å². The van der Waals surface area contributed by atoms with Gasteiger partial charge in [0.15, 0.2) is 5.11 Å². The van der Waals surface area contributed by atoms with E-state index in [0.29, 0.717) is 0 Å². The van der Waals surface area contributed by atoms with Crippen LogP contribution in [-0.4, -0.2) is 20.8 Å². The van der Waals surface area contributed by atoms with E-state index in [-0.39, 0.29) is 16.7 Å². The summed E-state index contributed by atoms with van der Waals surface area (Å²) < 4.78 is 16.0. The van der Waals surface area contributed by atoms with Crippen LogP contribution in [0.1, 0.15) is 23.0 Å². The van der Waals surface area contributed by atoms with E-state index in [1.54, 1.807) is 16.8 Å². The summed E-state index contributed by atoms with van der Waals surface area (Å²) in [6.45, 7) is 3.76. The molecule has 0 bridgehead atoms. The molecule has 27 heavy (non-hydrogen) atoms. The molecule has 1 amide bonds. The molecular formula is C20H17FN4OS. The van der Waals surface area contributed by atoms with Crippen molar-refractivity contribution in [1.82, 2.24) is 15.1 Å². The lowest BCUT2D eigenvalue weighted by atomic mass is 10.0. The van der Waals surface area contributed by atoms with Gasteiger partial charge in [0.2, 0.25) is 0 Å². The predicted octanol–water partition coefficient (Wildman–Crippen LogP) is 3.59. The summed E-state index contributed by atoms with van der Waals surface area (Å²) in [6, 6.07) is 15.1. The van der Waals surface area contributed by atoms with Crippen LogP contribution in [0.5, 0.6) is 0 Å². The molecule has 0 saturated carbocycles. The first-order valence-corrected chi connectivity index (χ1v) is 8.90. The molecule has 1 fully saturated rings. The summed E-state index contributed by atoms with van der Waals surface area (Å²) in [7, 11) is 0. The molecular weight excluding hydrogens is 363 g/mol. The number of anilines is 1. The monoisotopic (exact) mass is 380 g/mol. The number of para-hydroxylation sites is 2. The number of benzene rings is 2. The molecule has 7 heteroatoms. The third-order valence-corrected chi connectivity index (χ3v) is 4.97. The van der Waals surface area contributed by atoms with Crippen LogP contribution in [0.2, 0.25) is 0 Å². The topological polar surface area (TPSA) is 50.2 Å². The fourth-order valence-electron chi connectivity index (χ4n) is 3.43. The summed E-state index contributed by atoms with van der Waals surface area (Å²) >= 11 is 5.32. The molecule has 1 saturated heterocycles. The second-order valence-corrected chi connectivity index (χ2v) is 6.73. The highest BCUT2D eigenvalue weighted by Crippen LogP contribution is 2.32. The van der Waals surface area contributed by atoms with Gasteiger partial charge in [0, 0.05) is 11.3 Å². The molecule has 0 spiro atoms. The number of carbonyl (C=O) groups is 1. The number of thiocarbonyl (C=S) groups is 1. The van der Waals surface area contributed by atoms with E-state index in [2.05, 4.69) is 10.4 Å². The van der Waals surface area contributed by atoms with Crippen molar-refractivity contribution >= 4 is 28.9 Å². The van der Waals surface area contributed by atoms with E-state index in [0.717, 1.165) is 22.6 Å². The van der Waals surface area contributed by atoms with E-state index < -0.39 is 11.9 Å². The van der Waals surface area contributed by atoms with Gasteiger partial charge in [-0.05, 0) is 50.3 Å². The molecule has 5 nitrogen and oxygen atoms in total. The van der Waals surface area contributed by atoms with E-state index in [1.165, 1.54) is 17.0 Å². The zero-order chi connectivity index (χ0) is 19.1. The van der Waals surface area contributed by atoms with Gasteiger partial charge >= 0.3 is 0 Å². The Balaban J connectivity index is 1.75. The Morgan fingerprint density at radius 2 is 1.74 bits per heavy atom. The van der Waals surface area contributed by atoms with Gasteiger partial charge in [-0.25, -0.2) is 9.07 Å². The van der Waals surface area contributed by atoms with E-state index in [1.807, 2.05) is 44.2 Å². The van der Waals surface area contributed by atoms with Crippen LogP contribution in [0.15, 0.2) is 54.6 Å². The first-order valence-electron chi connectivity index (χ1n) is 8.49. The molecule has 4 rings (SSSR count). The SMILES string of the molecule is Cc1nn(-c2ccccc2)c(C)c1[C@@H]1NC(=S)N(c2ccccc2F)C1=O. The van der Waals surface area contributed by atoms with Crippen LogP contribution in [0, 0.1) is 19.7 Å². The molecule has 1 aromatic heterocycles. The van der Waals surface area contributed by atoms with Crippen LogP contribution in [0.4, 0.5) is 10.1 Å². The summed E-state index contributed by atoms with van der Waals surface area (Å²) in [4.78, 5) is 14.3. The summed E-state index contributed by atoms with van der Waals surface area (Å²) in [5, 5.41) is 7.80. The molecule has 3 aromatic rings. The minimum atomic E-state index is -0.699. The molecule has 0 radical (unpaired) electrons. The number of aryl methyl sites for hydroxylation is 1. The first kappa shape index (κ1) is 17.4. The average molecular weight is 380 g/mol. The molecule has 1 aliphatic heterocycles. The van der Waals surface area contributed by atoms with Gasteiger partial charge in [-0.2, -0.15) is 5.10 Å². The minimum absolute atomic E-state index is 0.147. The lowest BCUT2D eigenvalue weighted by molar-refractivity contribution is -0.118. The number of aromatic nitrogens is 2. The molecule has 2 heterocycles. The first-order chi connectivity index (χ1) is 13.0. The molecule has 1 aliphatic rings. The second kappa shape index (κ2) is 6.59. The maximum Gasteiger partial charge on any atom is 0.260 e. The van der Waals surface area contributed by atoms with Crippen LogP contribution >= 0.6 is 12.2 Å². The zero-order valence-electron chi connectivity index (χ0n) is 14.8. The lowest BCUT2D eigenvalue weighted by Crippen LogP contribution is -2.31. The number of hydrogen-bond donors (Lipinski definition) is 1. The predicted molar refractivity (Wildman–Crippen MR) is 105 cm³/mol. The number of halogens is 1. The van der Waals surface area contributed by atoms with Crippen molar-refractivity contribution in [3.05, 3.63) is 77.4 Å². The zero-order valence-corrected chi connectivity index (χ0v) is 15.6. The average Bonchev–Trinajstić information content (AvgIpc) is 3.11. The normalized spacial score (nSPS) is 16.7. The van der Waals surface area contributed by atoms with Gasteiger partial charge in [-0.3, -0.25) is 9.69 Å². The van der Waals surface area contributed by atoms with Gasteiger partial charge in [-0.1, -0.05) is 30.3 Å². The number of rotatable bonds is 3. The van der Waals surface area contributed by atoms with Gasteiger partial charge in [0.05, 0.1) is 17.1 Å². The Morgan fingerprint density at radius 1 is 1.07 bits per heavy atom. The van der Waals surface area contributed by atoms with Crippen molar-refractivity contribution in [2.75, 3.05) is 4.90 Å². The number of hydrogen-bond acceptors (Lipinski definition) is 3. The lowest BCUT2D eigenvalue weighted by Gasteiger charge is -2.15. The highest BCUT2D eigenvalue weighted by molar-refractivity contribution is 7.80. The second-order valence-electron chi connectivity index (χ2n) is 6.34. The van der Waals surface area contributed by atoms with E-state index in [9.17, 15) is 9.18 Å². The highest BCUT2D eigenvalue weighted by atomic mass is 32.1. The molecule has 136 valence electrons. The number of nitrogens with zero attached hydrogens (tertiary/aromatic N) is 3. The quantitative estimate of drug-likeness (QED) is 0.706. The number of carbonyl (C=O) groups excluding carboxylic acids is 1. The van der Waals surface area contributed by atoms with Crippen molar-refractivity contribution in [2.45, 2.75) is 19.9 Å². The standard InChI is InChI=1S/C20H17FN4OS/c1-12-17(13(2)25(23-12)14-8-4-3-5-9-14)18-19(26)24(20(27)22-18)16-11-7-6-10-15(16)21/h3-11,18H,1-2H3,(H,22,27)/t18-/m0/s1. The van der Waals surface area contributed by atoms with Crippen LogP contribution < -0.4 is 10.2 Å². The third kappa shape index (κ3) is 2.80. The summed E-state index contributed by atoms with van der Waals surface area (Å²) in [5.74, 6) is -0.812. The van der Waals surface area contributed by atoms with E-state index >= 15 is 0 Å². The Labute approximate surface area is 161 Å². The smallest absolute Gasteiger partial charge is 0.260 e. The van der Waals surface area contributed by atoms with Crippen molar-refractivity contribution < 1.29 is 9.18 Å². The van der Waals surface area contributed by atoms with Crippen molar-refractivity contribution in [1.29, 1.82) is 0 Å². The fraction of sp³-hybridized carbons (Fsp3) is 0.150. The van der Waals surface area contributed by atoms with Crippen LogP contribution in [0.3, 0.4) is 0 Å². The number of nitrogens with one attached hydrogen (secondary N) is 1. The molecule has 2 aromatic carbocycles. The Hall–Kier alpha value is -3.06. The summed E-state index contributed by atoms with van der Waals surface area (Å²) in [6.07, 6.45) is 0. The maximum atomic E-state index is 14.2. The van der Waals surface area contributed by atoms with Gasteiger partial charge < -0.3 is 5.32 Å². The Morgan fingerprint density at radius 3 is 2.44 bits per heavy atom. The van der Waals surface area contributed by atoms with Gasteiger partial charge in [-0.15, -0.1) is 0 Å². The van der Waals surface area contributed by atoms with Crippen LogP contribution in [-0.2, 0) is 4.79 Å². The highest BCUT2D eigenvalue weighted by Gasteiger charge is 2.41. The minimum Gasteiger partial charge on any atom is -0.346 e. The van der Waals surface area contributed by atoms with Gasteiger partial charge in [0.1, 0.15) is 11.9 Å². The van der Waals surface area contributed by atoms with Crippen molar-refractivity contribution in [3.63, 3.8) is 0 Å². The largest absolute Gasteiger partial charge is 0.346 e. The molecule has 1 N–H and O–H groups in total. The third-order valence-electron chi connectivity index (χ3n) is 4.67. The number of amides is 1. The Bertz CT molecular complexity index is 1050. The van der Waals surface area contributed by atoms with Crippen molar-refractivity contribution in [2.24, 2.45) is 0 Å². The van der Waals surface area contributed by atoms with E-state index in [4.69, 9.17) is 12.2 Å². The maximum absolute atomic E-state index is 14.2.